The highest BCUT2D eigenvalue weighted by atomic mass is 35.5. The molecule has 0 saturated heterocycles. The minimum Gasteiger partial charge on any atom is -0.437 e. The van der Waals surface area contributed by atoms with Gasteiger partial charge in [-0.1, -0.05) is 33.6 Å². The van der Waals surface area contributed by atoms with Gasteiger partial charge in [0.25, 0.3) is 0 Å². The Labute approximate surface area is 393 Å². The number of ether oxygens (including phenoxy) is 1. The van der Waals surface area contributed by atoms with Crippen molar-refractivity contribution in [1.82, 2.24) is 45.8 Å². The minimum absolute atomic E-state index is 0.102. The maximum absolute atomic E-state index is 15.9. The molecule has 2 aliphatic carbocycles. The number of carbonyl (C=O) groups excluding carboxylic acids is 2. The largest absolute Gasteiger partial charge is 0.441 e. The molecule has 2 fully saturated rings. The predicted octanol–water partition coefficient (Wildman–Crippen LogP) is 10.3. The third-order valence-electron chi connectivity index (χ3n) is 12.3. The standard InChI is InChI=1S/C46H49ClF2N10O5S2/c1-43(2,3)34(45(15-9-16-45)35-29(48)11-7-19-50-35)28-21-33(40-53-24-27(25-60)66-40)56-57-38(28)59(44(4,5)6)42(62)64-58-41(61)63-37(46(17-10-18-46)36-30(49)12-8-20-51-36)31-13-14-32(55-54-31)39-52-23-26(22-47)65-39/h7-8,11-14,19-21,23-24,34,37,60H,9-10,15-18,22,25H2,1-6H3,(H,58,61). The van der Waals surface area contributed by atoms with Gasteiger partial charge in [0.2, 0.25) is 0 Å². The molecule has 2 atom stereocenters. The van der Waals surface area contributed by atoms with Gasteiger partial charge in [0.15, 0.2) is 11.9 Å². The monoisotopic (exact) mass is 958 g/mol. The van der Waals surface area contributed by atoms with Gasteiger partial charge in [-0.15, -0.1) is 55.1 Å². The quantitative estimate of drug-likeness (QED) is 0.0871. The first-order valence-corrected chi connectivity index (χ1v) is 23.6. The fraction of sp³-hybridized carbons (Fsp3) is 0.435. The van der Waals surface area contributed by atoms with Gasteiger partial charge in [-0.3, -0.25) is 14.9 Å². The highest BCUT2D eigenvalue weighted by Gasteiger charge is 2.55. The number of nitrogens with one attached hydrogen (secondary N) is 1. The number of halogens is 3. The lowest BCUT2D eigenvalue weighted by Crippen LogP contribution is -2.51. The summed E-state index contributed by atoms with van der Waals surface area (Å²) in [5, 5.41) is 29.0. The lowest BCUT2D eigenvalue weighted by Gasteiger charge is -2.53. The van der Waals surface area contributed by atoms with Crippen LogP contribution in [0.2, 0.25) is 0 Å². The molecule has 66 heavy (non-hydrogen) atoms. The first-order valence-electron chi connectivity index (χ1n) is 21.5. The Morgan fingerprint density at radius 3 is 1.91 bits per heavy atom. The van der Waals surface area contributed by atoms with Crippen LogP contribution in [-0.4, -0.2) is 63.2 Å². The van der Waals surface area contributed by atoms with E-state index in [1.807, 2.05) is 26.8 Å². The molecule has 2 aliphatic rings. The number of alkyl halides is 1. The van der Waals surface area contributed by atoms with E-state index in [4.69, 9.17) is 26.3 Å². The number of thiazole rings is 2. The van der Waals surface area contributed by atoms with Gasteiger partial charge in [-0.05, 0) is 94.3 Å². The summed E-state index contributed by atoms with van der Waals surface area (Å²) in [7, 11) is 0. The van der Waals surface area contributed by atoms with Gasteiger partial charge in [0.1, 0.15) is 38.7 Å². The normalized spacial score (nSPS) is 16.3. The zero-order valence-electron chi connectivity index (χ0n) is 37.2. The van der Waals surface area contributed by atoms with Crippen molar-refractivity contribution >= 4 is 52.3 Å². The number of carbonyl (C=O) groups is 2. The number of aromatic nitrogens is 8. The van der Waals surface area contributed by atoms with Crippen LogP contribution in [0.5, 0.6) is 0 Å². The summed E-state index contributed by atoms with van der Waals surface area (Å²) in [6.07, 6.45) is 6.39. The van der Waals surface area contributed by atoms with Gasteiger partial charge in [0.05, 0.1) is 34.2 Å². The number of pyridine rings is 2. The van der Waals surface area contributed by atoms with Crippen LogP contribution >= 0.6 is 34.3 Å². The van der Waals surface area contributed by atoms with Crippen LogP contribution in [-0.2, 0) is 32.9 Å². The van der Waals surface area contributed by atoms with E-state index >= 15 is 8.78 Å². The van der Waals surface area contributed by atoms with Crippen LogP contribution in [0.25, 0.3) is 21.4 Å². The molecular formula is C46H49ClF2N10O5S2. The third kappa shape index (κ3) is 8.97. The molecule has 0 aromatic carbocycles. The van der Waals surface area contributed by atoms with Gasteiger partial charge in [-0.2, -0.15) is 5.10 Å². The highest BCUT2D eigenvalue weighted by Crippen LogP contribution is 2.61. The molecule has 346 valence electrons. The maximum Gasteiger partial charge on any atom is 0.441 e. The first kappa shape index (κ1) is 46.9. The number of rotatable bonds is 12. The van der Waals surface area contributed by atoms with Crippen LogP contribution in [0, 0.1) is 17.0 Å². The van der Waals surface area contributed by atoms with Crippen molar-refractivity contribution in [3.8, 4) is 21.4 Å². The average molecular weight is 960 g/mol. The Kier molecular flexibility index (Phi) is 13.2. The second-order valence-corrected chi connectivity index (χ2v) is 21.2. The molecule has 6 aromatic rings. The molecule has 2 saturated carbocycles. The van der Waals surface area contributed by atoms with Crippen LogP contribution in [0.3, 0.4) is 0 Å². The summed E-state index contributed by atoms with van der Waals surface area (Å²) in [6, 6.07) is 10.9. The summed E-state index contributed by atoms with van der Waals surface area (Å²) >= 11 is 8.61. The van der Waals surface area contributed by atoms with E-state index in [-0.39, 0.29) is 29.7 Å². The number of nitrogens with zero attached hydrogens (tertiary/aromatic N) is 9. The highest BCUT2D eigenvalue weighted by molar-refractivity contribution is 7.15. The lowest BCUT2D eigenvalue weighted by atomic mass is 9.51. The van der Waals surface area contributed by atoms with E-state index in [0.717, 1.165) is 11.3 Å². The Morgan fingerprint density at radius 1 is 0.818 bits per heavy atom. The molecular weight excluding hydrogens is 910 g/mol. The maximum atomic E-state index is 15.9. The number of anilines is 1. The van der Waals surface area contributed by atoms with Crippen molar-refractivity contribution in [3.63, 3.8) is 0 Å². The number of hydrogen-bond acceptors (Lipinski definition) is 15. The van der Waals surface area contributed by atoms with Gasteiger partial charge >= 0.3 is 12.2 Å². The Morgan fingerprint density at radius 2 is 1.41 bits per heavy atom. The molecule has 2 amide bonds. The summed E-state index contributed by atoms with van der Waals surface area (Å²) in [4.78, 5) is 54.8. The van der Waals surface area contributed by atoms with Crippen LogP contribution in [0.15, 0.2) is 67.3 Å². The Balaban J connectivity index is 1.14. The van der Waals surface area contributed by atoms with E-state index < -0.39 is 57.6 Å². The van der Waals surface area contributed by atoms with Crippen molar-refractivity contribution in [2.45, 2.75) is 121 Å². The third-order valence-corrected chi connectivity index (χ3v) is 14.8. The molecule has 8 rings (SSSR count). The van der Waals surface area contributed by atoms with Crippen molar-refractivity contribution < 1.29 is 33.1 Å². The number of hydroxylamine groups is 1. The van der Waals surface area contributed by atoms with Gasteiger partial charge in [0, 0.05) is 52.1 Å². The minimum atomic E-state index is -1.22. The second-order valence-electron chi connectivity index (χ2n) is 18.7. The molecule has 0 spiro atoms. The molecule has 6 aromatic heterocycles. The molecule has 2 N–H and O–H groups in total. The fourth-order valence-electron chi connectivity index (χ4n) is 9.37. The predicted molar refractivity (Wildman–Crippen MR) is 244 cm³/mol. The van der Waals surface area contributed by atoms with Gasteiger partial charge < -0.3 is 14.7 Å². The molecule has 0 aliphatic heterocycles. The van der Waals surface area contributed by atoms with E-state index in [2.05, 4.69) is 40.7 Å². The number of aliphatic hydroxyl groups is 1. The number of amides is 2. The van der Waals surface area contributed by atoms with Crippen LogP contribution in [0.1, 0.15) is 124 Å². The summed E-state index contributed by atoms with van der Waals surface area (Å²) < 4.78 is 37.6. The zero-order valence-corrected chi connectivity index (χ0v) is 39.6. The van der Waals surface area contributed by atoms with Crippen LogP contribution in [0.4, 0.5) is 24.2 Å². The second kappa shape index (κ2) is 18.6. The fourth-order valence-corrected chi connectivity index (χ4v) is 11.1. The molecule has 6 heterocycles. The molecule has 2 unspecified atom stereocenters. The Bertz CT molecular complexity index is 2720. The summed E-state index contributed by atoms with van der Waals surface area (Å²) in [5.41, 5.74) is 0.641. The van der Waals surface area contributed by atoms with E-state index in [9.17, 15) is 14.7 Å². The van der Waals surface area contributed by atoms with Crippen LogP contribution < -0.4 is 10.4 Å². The first-order chi connectivity index (χ1) is 31.5. The zero-order chi connectivity index (χ0) is 47.0. The lowest BCUT2D eigenvalue weighted by molar-refractivity contribution is -0.0190. The SMILES string of the molecule is CC(C)(C)C(c1cc(-c2ncc(CO)s2)nnc1N(C(=O)ONC(=O)OC(c1ccc(-c2ncc(CCl)s2)nn1)C1(c2ncccc2F)CCC1)C(C)(C)C)C1(c2ncccc2F)CCC1. The van der Waals surface area contributed by atoms with E-state index in [1.54, 1.807) is 57.6 Å². The summed E-state index contributed by atoms with van der Waals surface area (Å²) in [5.74, 6) is -1.12. The van der Waals surface area contributed by atoms with Crippen molar-refractivity contribution in [2.75, 3.05) is 4.90 Å². The van der Waals surface area contributed by atoms with E-state index in [1.165, 1.54) is 52.0 Å². The molecule has 0 radical (unpaired) electrons. The molecule has 20 heteroatoms. The smallest absolute Gasteiger partial charge is 0.437 e. The van der Waals surface area contributed by atoms with E-state index in [0.29, 0.717) is 69.6 Å². The topological polar surface area (TPSA) is 191 Å². The summed E-state index contributed by atoms with van der Waals surface area (Å²) in [6.45, 7) is 11.2. The van der Waals surface area contributed by atoms with Gasteiger partial charge in [-0.25, -0.2) is 28.3 Å². The van der Waals surface area contributed by atoms with Crippen molar-refractivity contribution in [2.24, 2.45) is 5.41 Å². The average Bonchev–Trinajstić information content (AvgIpc) is 3.95. The number of aliphatic hydroxyl groups excluding tert-OH is 1. The van der Waals surface area contributed by atoms with Crippen molar-refractivity contribution in [3.05, 3.63) is 111 Å². The Hall–Kier alpha value is -5.63. The molecule has 0 bridgehead atoms. The van der Waals surface area contributed by atoms with Crippen molar-refractivity contribution in [1.29, 1.82) is 0 Å². The number of hydrogen-bond donors (Lipinski definition) is 2. The molecule has 15 nitrogen and oxygen atoms in total.